The topological polar surface area (TPSA) is 54.0 Å². The highest BCUT2D eigenvalue weighted by Crippen LogP contribution is 2.25. The van der Waals surface area contributed by atoms with Crippen molar-refractivity contribution in [1.29, 1.82) is 0 Å². The molecular formula is C15H14BrN3O. The number of carbonyl (C=O) groups excluding carboxylic acids is 1. The van der Waals surface area contributed by atoms with Gasteiger partial charge in [-0.05, 0) is 40.2 Å². The molecule has 4 nitrogen and oxygen atoms in total. The Balaban J connectivity index is 2.16. The SMILES string of the molecule is C=CCNC(=O)c1cc(Nc2ccccc2Br)ccn1. The minimum Gasteiger partial charge on any atom is -0.354 e. The summed E-state index contributed by atoms with van der Waals surface area (Å²) < 4.78 is 0.953. The molecule has 0 aliphatic heterocycles. The van der Waals surface area contributed by atoms with Gasteiger partial charge in [-0.3, -0.25) is 9.78 Å². The van der Waals surface area contributed by atoms with Gasteiger partial charge in [0, 0.05) is 22.9 Å². The number of para-hydroxylation sites is 1. The van der Waals surface area contributed by atoms with Crippen molar-refractivity contribution in [3.8, 4) is 0 Å². The van der Waals surface area contributed by atoms with Crippen molar-refractivity contribution in [2.45, 2.75) is 0 Å². The first-order valence-electron chi connectivity index (χ1n) is 6.07. The lowest BCUT2D eigenvalue weighted by atomic mass is 10.2. The van der Waals surface area contributed by atoms with E-state index in [0.29, 0.717) is 12.2 Å². The zero-order valence-electron chi connectivity index (χ0n) is 10.8. The summed E-state index contributed by atoms with van der Waals surface area (Å²) in [4.78, 5) is 15.9. The largest absolute Gasteiger partial charge is 0.354 e. The summed E-state index contributed by atoms with van der Waals surface area (Å²) in [5.74, 6) is -0.222. The number of carbonyl (C=O) groups is 1. The zero-order valence-corrected chi connectivity index (χ0v) is 12.4. The monoisotopic (exact) mass is 331 g/mol. The molecule has 0 unspecified atom stereocenters. The van der Waals surface area contributed by atoms with Crippen molar-refractivity contribution in [3.63, 3.8) is 0 Å². The number of halogens is 1. The number of hydrogen-bond acceptors (Lipinski definition) is 3. The molecule has 0 fully saturated rings. The molecule has 1 aromatic heterocycles. The van der Waals surface area contributed by atoms with Crippen molar-refractivity contribution in [2.75, 3.05) is 11.9 Å². The Morgan fingerprint density at radius 3 is 2.90 bits per heavy atom. The summed E-state index contributed by atoms with van der Waals surface area (Å²) in [6, 6.07) is 11.3. The molecule has 0 spiro atoms. The van der Waals surface area contributed by atoms with Crippen LogP contribution >= 0.6 is 15.9 Å². The number of hydrogen-bond donors (Lipinski definition) is 2. The highest BCUT2D eigenvalue weighted by atomic mass is 79.9. The van der Waals surface area contributed by atoms with E-state index in [9.17, 15) is 4.79 Å². The molecule has 102 valence electrons. The standard InChI is InChI=1S/C15H14BrN3O/c1-2-8-18-15(20)14-10-11(7-9-17-14)19-13-6-4-3-5-12(13)16/h2-7,9-10H,1,8H2,(H,17,19)(H,18,20). The van der Waals surface area contributed by atoms with Crippen LogP contribution in [-0.4, -0.2) is 17.4 Å². The molecule has 0 aliphatic carbocycles. The number of anilines is 2. The number of pyridine rings is 1. The molecule has 0 aliphatic rings. The molecule has 0 atom stereocenters. The van der Waals surface area contributed by atoms with Gasteiger partial charge < -0.3 is 10.6 Å². The van der Waals surface area contributed by atoms with Crippen LogP contribution < -0.4 is 10.6 Å². The Morgan fingerprint density at radius 2 is 2.15 bits per heavy atom. The Kier molecular flexibility index (Phi) is 4.90. The molecule has 2 aromatic rings. The number of amides is 1. The van der Waals surface area contributed by atoms with E-state index in [1.165, 1.54) is 0 Å². The van der Waals surface area contributed by atoms with Crippen molar-refractivity contribution in [1.82, 2.24) is 10.3 Å². The Hall–Kier alpha value is -2.14. The zero-order chi connectivity index (χ0) is 14.4. The van der Waals surface area contributed by atoms with Crippen LogP contribution in [0.3, 0.4) is 0 Å². The van der Waals surface area contributed by atoms with Crippen LogP contribution in [-0.2, 0) is 0 Å². The maximum Gasteiger partial charge on any atom is 0.270 e. The van der Waals surface area contributed by atoms with Gasteiger partial charge in [0.05, 0.1) is 5.69 Å². The van der Waals surface area contributed by atoms with Crippen molar-refractivity contribution < 1.29 is 4.79 Å². The Morgan fingerprint density at radius 1 is 1.35 bits per heavy atom. The molecule has 0 bridgehead atoms. The smallest absolute Gasteiger partial charge is 0.270 e. The fourth-order valence-electron chi connectivity index (χ4n) is 1.61. The van der Waals surface area contributed by atoms with E-state index in [1.807, 2.05) is 30.3 Å². The van der Waals surface area contributed by atoms with Crippen LogP contribution in [0.4, 0.5) is 11.4 Å². The summed E-state index contributed by atoms with van der Waals surface area (Å²) in [5, 5.41) is 5.93. The minimum atomic E-state index is -0.222. The highest BCUT2D eigenvalue weighted by Gasteiger charge is 2.07. The number of nitrogens with zero attached hydrogens (tertiary/aromatic N) is 1. The van der Waals surface area contributed by atoms with Gasteiger partial charge in [0.25, 0.3) is 5.91 Å². The van der Waals surface area contributed by atoms with E-state index >= 15 is 0 Å². The van der Waals surface area contributed by atoms with Crippen molar-refractivity contribution in [2.24, 2.45) is 0 Å². The van der Waals surface area contributed by atoms with Crippen LogP contribution in [0.15, 0.2) is 59.7 Å². The summed E-state index contributed by atoms with van der Waals surface area (Å²) in [6.45, 7) is 3.98. The van der Waals surface area contributed by atoms with E-state index in [-0.39, 0.29) is 5.91 Å². The third-order valence-electron chi connectivity index (χ3n) is 2.55. The summed E-state index contributed by atoms with van der Waals surface area (Å²) in [6.07, 6.45) is 3.23. The normalized spacial score (nSPS) is 9.85. The number of benzene rings is 1. The second-order valence-corrected chi connectivity index (χ2v) is 4.89. The van der Waals surface area contributed by atoms with Crippen molar-refractivity contribution >= 4 is 33.2 Å². The van der Waals surface area contributed by atoms with Gasteiger partial charge in [0.1, 0.15) is 5.69 Å². The molecule has 0 saturated heterocycles. The van der Waals surface area contributed by atoms with Crippen molar-refractivity contribution in [3.05, 3.63) is 65.4 Å². The van der Waals surface area contributed by atoms with E-state index in [1.54, 1.807) is 18.3 Å². The summed E-state index contributed by atoms with van der Waals surface area (Å²) >= 11 is 3.47. The third kappa shape index (κ3) is 3.68. The van der Waals surface area contributed by atoms with Gasteiger partial charge in [0.2, 0.25) is 0 Å². The second-order valence-electron chi connectivity index (χ2n) is 4.03. The molecule has 1 heterocycles. The first-order valence-corrected chi connectivity index (χ1v) is 6.86. The van der Waals surface area contributed by atoms with Gasteiger partial charge in [-0.2, -0.15) is 0 Å². The van der Waals surface area contributed by atoms with Gasteiger partial charge in [-0.25, -0.2) is 0 Å². The third-order valence-corrected chi connectivity index (χ3v) is 3.24. The van der Waals surface area contributed by atoms with E-state index in [4.69, 9.17) is 0 Å². The molecule has 20 heavy (non-hydrogen) atoms. The molecule has 2 N–H and O–H groups in total. The molecule has 0 saturated carbocycles. The second kappa shape index (κ2) is 6.86. The first kappa shape index (κ1) is 14.3. The molecule has 1 aromatic carbocycles. The fraction of sp³-hybridized carbons (Fsp3) is 0.0667. The average Bonchev–Trinajstić information content (AvgIpc) is 2.47. The fourth-order valence-corrected chi connectivity index (χ4v) is 1.99. The van der Waals surface area contributed by atoms with Crippen LogP contribution in [0.1, 0.15) is 10.5 Å². The Labute approximate surface area is 126 Å². The van der Waals surface area contributed by atoms with Gasteiger partial charge >= 0.3 is 0 Å². The van der Waals surface area contributed by atoms with Crippen LogP contribution in [0, 0.1) is 0 Å². The Bertz CT molecular complexity index is 628. The highest BCUT2D eigenvalue weighted by molar-refractivity contribution is 9.10. The lowest BCUT2D eigenvalue weighted by molar-refractivity contribution is 0.0953. The predicted octanol–water partition coefficient (Wildman–Crippen LogP) is 3.50. The predicted molar refractivity (Wildman–Crippen MR) is 84.2 cm³/mol. The van der Waals surface area contributed by atoms with Crippen LogP contribution in [0.25, 0.3) is 0 Å². The molecule has 0 radical (unpaired) electrons. The van der Waals surface area contributed by atoms with Gasteiger partial charge in [-0.15, -0.1) is 6.58 Å². The molecule has 1 amide bonds. The number of aromatic nitrogens is 1. The molecule has 5 heteroatoms. The van der Waals surface area contributed by atoms with Crippen LogP contribution in [0.2, 0.25) is 0 Å². The van der Waals surface area contributed by atoms with Crippen LogP contribution in [0.5, 0.6) is 0 Å². The lowest BCUT2D eigenvalue weighted by Crippen LogP contribution is -2.24. The van der Waals surface area contributed by atoms with E-state index in [2.05, 4.69) is 38.1 Å². The quantitative estimate of drug-likeness (QED) is 0.824. The summed E-state index contributed by atoms with van der Waals surface area (Å²) in [5.41, 5.74) is 2.09. The van der Waals surface area contributed by atoms with Gasteiger partial charge in [-0.1, -0.05) is 18.2 Å². The van der Waals surface area contributed by atoms with Gasteiger partial charge in [0.15, 0.2) is 0 Å². The molecule has 2 rings (SSSR count). The summed E-state index contributed by atoms with van der Waals surface area (Å²) in [7, 11) is 0. The maximum absolute atomic E-state index is 11.8. The molecular weight excluding hydrogens is 318 g/mol. The average molecular weight is 332 g/mol. The lowest BCUT2D eigenvalue weighted by Gasteiger charge is -2.09. The van der Waals surface area contributed by atoms with E-state index in [0.717, 1.165) is 15.8 Å². The maximum atomic E-state index is 11.8. The number of nitrogens with one attached hydrogen (secondary N) is 2. The first-order chi connectivity index (χ1) is 9.70. The van der Waals surface area contributed by atoms with E-state index < -0.39 is 0 Å². The minimum absolute atomic E-state index is 0.222. The number of rotatable bonds is 5.